The summed E-state index contributed by atoms with van der Waals surface area (Å²) in [5.74, 6) is 14.4. The summed E-state index contributed by atoms with van der Waals surface area (Å²) in [6.45, 7) is 9.13. The largest absolute Gasteiger partial charge is 0.493 e. The lowest BCUT2D eigenvalue weighted by atomic mass is 9.92. The number of nitrogens with zero attached hydrogens (tertiary/aromatic N) is 2. The van der Waals surface area contributed by atoms with Gasteiger partial charge < -0.3 is 5.53 Å². The third kappa shape index (κ3) is 22.9. The molecule has 3 rings (SSSR count). The Hall–Kier alpha value is -3.36. The van der Waals surface area contributed by atoms with Gasteiger partial charge in [-0.3, -0.25) is 0 Å². The van der Waals surface area contributed by atoms with Gasteiger partial charge in [0, 0.05) is 36.0 Å². The van der Waals surface area contributed by atoms with Crippen molar-refractivity contribution in [2.45, 2.75) is 265 Å². The molecule has 0 saturated heterocycles. The van der Waals surface area contributed by atoms with Crippen molar-refractivity contribution in [2.24, 2.45) is 0 Å². The molecule has 0 aliphatic carbocycles. The van der Waals surface area contributed by atoms with E-state index in [4.69, 9.17) is 0 Å². The van der Waals surface area contributed by atoms with Crippen molar-refractivity contribution in [3.05, 3.63) is 87.5 Å². The zero-order valence-corrected chi connectivity index (χ0v) is 41.7. The molecule has 2 aromatic rings. The van der Waals surface area contributed by atoms with Crippen molar-refractivity contribution < 1.29 is 4.70 Å². The predicted octanol–water partition coefficient (Wildman–Crippen LogP) is 19.7. The van der Waals surface area contributed by atoms with Crippen LogP contribution in [0.1, 0.15) is 275 Å². The van der Waals surface area contributed by atoms with Crippen LogP contribution in [-0.4, -0.2) is 4.70 Å². The molecule has 0 bridgehead atoms. The van der Waals surface area contributed by atoms with Crippen molar-refractivity contribution in [3.63, 3.8) is 0 Å². The lowest BCUT2D eigenvalue weighted by Crippen LogP contribution is -2.05. The van der Waals surface area contributed by atoms with E-state index in [0.29, 0.717) is 0 Å². The molecule has 63 heavy (non-hydrogen) atoms. The molecule has 0 aromatic heterocycles. The lowest BCUT2D eigenvalue weighted by molar-refractivity contribution is -0.345. The van der Waals surface area contributed by atoms with Gasteiger partial charge in [-0.05, 0) is 74.3 Å². The molecule has 0 atom stereocenters. The van der Waals surface area contributed by atoms with E-state index in [2.05, 4.69) is 99.9 Å². The second kappa shape index (κ2) is 36.9. The summed E-state index contributed by atoms with van der Waals surface area (Å²) in [5, 5.41) is 0. The smallest absolute Gasteiger partial charge is 0.223 e. The Morgan fingerprint density at radius 2 is 0.889 bits per heavy atom. The van der Waals surface area contributed by atoms with Crippen molar-refractivity contribution in [2.75, 3.05) is 0 Å². The Kier molecular flexibility index (Phi) is 31.6. The number of hydrogen-bond acceptors (Lipinski definition) is 0. The number of benzene rings is 2. The van der Waals surface area contributed by atoms with Gasteiger partial charge in [-0.25, -0.2) is 4.70 Å². The highest BCUT2D eigenvalue weighted by Gasteiger charge is 2.36. The average Bonchev–Trinajstić information content (AvgIpc) is 3.57. The molecule has 2 aromatic carbocycles. The molecule has 0 spiro atoms. The molecule has 348 valence electrons. The molecule has 0 N–H and O–H groups in total. The second-order valence-corrected chi connectivity index (χ2v) is 18.9. The van der Waals surface area contributed by atoms with Crippen molar-refractivity contribution in [1.29, 1.82) is 0 Å². The first kappa shape index (κ1) is 54.0. The molecule has 2 nitrogen and oxygen atoms in total. The van der Waals surface area contributed by atoms with Crippen molar-refractivity contribution in [3.8, 4) is 23.7 Å². The maximum atomic E-state index is 12.5. The van der Waals surface area contributed by atoms with E-state index in [1.165, 1.54) is 208 Å². The van der Waals surface area contributed by atoms with Gasteiger partial charge in [0.15, 0.2) is 0 Å². The van der Waals surface area contributed by atoms with E-state index >= 15 is 0 Å². The van der Waals surface area contributed by atoms with Crippen molar-refractivity contribution >= 4 is 11.4 Å². The van der Waals surface area contributed by atoms with Gasteiger partial charge in [0.2, 0.25) is 11.4 Å². The SMILES string of the molecule is CCCCCCCCC#CCCc1ccccc1C1=C(CCCCCCCC)C(C#CCCCCCCCCCCCCCCCCCCC)=C(c2cccc(CCCC)c2)[N+]1=[N-]. The summed E-state index contributed by atoms with van der Waals surface area (Å²) < 4.78 is 1.54. The molecular weight excluding hydrogens is 761 g/mol. The first-order chi connectivity index (χ1) is 31.2. The number of hydrogen-bond donors (Lipinski definition) is 0. The van der Waals surface area contributed by atoms with Crippen LogP contribution in [0.2, 0.25) is 0 Å². The molecule has 2 heteroatoms. The van der Waals surface area contributed by atoms with Crippen LogP contribution in [0.4, 0.5) is 0 Å². The summed E-state index contributed by atoms with van der Waals surface area (Å²) >= 11 is 0. The Morgan fingerprint density at radius 1 is 0.413 bits per heavy atom. The fraction of sp³-hybridized carbons (Fsp3) is 0.672. The van der Waals surface area contributed by atoms with Gasteiger partial charge in [-0.2, -0.15) is 0 Å². The first-order valence-electron chi connectivity index (χ1n) is 27.2. The van der Waals surface area contributed by atoms with Gasteiger partial charge in [0.25, 0.3) is 0 Å². The van der Waals surface area contributed by atoms with Crippen LogP contribution in [0.25, 0.3) is 16.9 Å². The number of aryl methyl sites for hydroxylation is 2. The van der Waals surface area contributed by atoms with E-state index < -0.39 is 0 Å². The summed E-state index contributed by atoms with van der Waals surface area (Å²) in [4.78, 5) is 0. The van der Waals surface area contributed by atoms with Crippen LogP contribution >= 0.6 is 0 Å². The van der Waals surface area contributed by atoms with Crippen molar-refractivity contribution in [1.82, 2.24) is 0 Å². The van der Waals surface area contributed by atoms with E-state index in [9.17, 15) is 5.53 Å². The highest BCUT2D eigenvalue weighted by molar-refractivity contribution is 5.86. The number of allylic oxidation sites excluding steroid dienone is 2. The van der Waals surface area contributed by atoms with Crippen LogP contribution in [0.3, 0.4) is 0 Å². The Bertz CT molecular complexity index is 1700. The van der Waals surface area contributed by atoms with E-state index in [1.807, 2.05) is 0 Å². The third-order valence-electron chi connectivity index (χ3n) is 13.2. The summed E-state index contributed by atoms with van der Waals surface area (Å²) in [6, 6.07) is 17.7. The van der Waals surface area contributed by atoms with E-state index in [0.717, 1.165) is 79.5 Å². The van der Waals surface area contributed by atoms with Crippen LogP contribution in [-0.2, 0) is 12.8 Å². The van der Waals surface area contributed by atoms with Gasteiger partial charge in [-0.15, -0.1) is 11.8 Å². The summed E-state index contributed by atoms with van der Waals surface area (Å²) in [6.07, 6.45) is 46.8. The quantitative estimate of drug-likeness (QED) is 0.0368. The van der Waals surface area contributed by atoms with Crippen LogP contribution in [0.5, 0.6) is 0 Å². The molecule has 1 aliphatic rings. The van der Waals surface area contributed by atoms with Gasteiger partial charge in [-0.1, -0.05) is 243 Å². The second-order valence-electron chi connectivity index (χ2n) is 18.9. The Morgan fingerprint density at radius 3 is 1.44 bits per heavy atom. The predicted molar refractivity (Wildman–Crippen MR) is 278 cm³/mol. The molecule has 0 fully saturated rings. The topological polar surface area (TPSA) is 25.3 Å². The Balaban J connectivity index is 1.71. The zero-order chi connectivity index (χ0) is 44.8. The standard InChI is InChI=1S/C61H94N2/c1-5-9-13-16-19-21-23-24-25-26-27-28-29-30-31-33-35-38-40-51-58-59(52-41-37-18-15-11-7-3)61(63(62)60(58)56-49-44-46-54(53-56)45-12-8-4)57-50-43-42-48-55(57)47-39-36-34-32-22-20-17-14-10-6-2/h42-44,46,48-50,53H,5-33,35,37-39,41,45,47,52H2,1-4H3. The number of rotatable bonds is 37. The summed E-state index contributed by atoms with van der Waals surface area (Å²) in [5.41, 5.74) is 21.3. The molecule has 0 saturated carbocycles. The molecule has 0 unspecified atom stereocenters. The fourth-order valence-corrected chi connectivity index (χ4v) is 9.29. The lowest BCUT2D eigenvalue weighted by Gasteiger charge is -2.13. The Labute approximate surface area is 390 Å². The van der Waals surface area contributed by atoms with Gasteiger partial charge in [0.1, 0.15) is 5.57 Å². The van der Waals surface area contributed by atoms with E-state index in [1.54, 1.807) is 0 Å². The third-order valence-corrected chi connectivity index (χ3v) is 13.2. The van der Waals surface area contributed by atoms with Crippen LogP contribution in [0.15, 0.2) is 59.7 Å². The molecule has 1 aliphatic heterocycles. The van der Waals surface area contributed by atoms with Crippen LogP contribution in [0, 0.1) is 23.7 Å². The monoisotopic (exact) mass is 855 g/mol. The first-order valence-corrected chi connectivity index (χ1v) is 27.2. The van der Waals surface area contributed by atoms with E-state index in [-0.39, 0.29) is 0 Å². The summed E-state index contributed by atoms with van der Waals surface area (Å²) in [7, 11) is 0. The fourth-order valence-electron chi connectivity index (χ4n) is 9.29. The maximum absolute atomic E-state index is 12.5. The normalized spacial score (nSPS) is 12.5. The molecule has 0 radical (unpaired) electrons. The van der Waals surface area contributed by atoms with Crippen LogP contribution < -0.4 is 0 Å². The highest BCUT2D eigenvalue weighted by atomic mass is 15.2. The minimum absolute atomic E-state index is 0.837. The highest BCUT2D eigenvalue weighted by Crippen LogP contribution is 2.43. The molecule has 0 amide bonds. The number of unbranched alkanes of at least 4 members (excludes halogenated alkanes) is 29. The minimum atomic E-state index is 0.837. The average molecular weight is 855 g/mol. The van der Waals surface area contributed by atoms with Gasteiger partial charge in [0.05, 0.1) is 0 Å². The zero-order valence-electron chi connectivity index (χ0n) is 41.7. The molecule has 1 heterocycles. The maximum Gasteiger partial charge on any atom is 0.223 e. The van der Waals surface area contributed by atoms with Gasteiger partial charge >= 0.3 is 0 Å². The molecular formula is C61H94N2. The minimum Gasteiger partial charge on any atom is -0.493 e.